The van der Waals surface area contributed by atoms with Gasteiger partial charge >= 0.3 is 0 Å². The van der Waals surface area contributed by atoms with Crippen LogP contribution >= 0.6 is 0 Å². The van der Waals surface area contributed by atoms with Crippen LogP contribution in [0.25, 0.3) is 0 Å². The number of hydrogen-bond donors (Lipinski definition) is 1. The number of nitrogens with zero attached hydrogens (tertiary/aromatic N) is 3. The highest BCUT2D eigenvalue weighted by Crippen LogP contribution is 2.47. The Labute approximate surface area is 113 Å². The van der Waals surface area contributed by atoms with Crippen LogP contribution in [0.15, 0.2) is 36.5 Å². The summed E-state index contributed by atoms with van der Waals surface area (Å²) in [5, 5.41) is 18.7. The zero-order valence-corrected chi connectivity index (χ0v) is 11.2. The second kappa shape index (κ2) is 4.78. The summed E-state index contributed by atoms with van der Waals surface area (Å²) in [6.07, 6.45) is 5.35. The van der Waals surface area contributed by atoms with Crippen molar-refractivity contribution in [1.82, 2.24) is 15.0 Å². The molecule has 0 bridgehead atoms. The van der Waals surface area contributed by atoms with Gasteiger partial charge in [-0.15, -0.1) is 5.10 Å². The monoisotopic (exact) mass is 257 g/mol. The minimum atomic E-state index is -0.389. The van der Waals surface area contributed by atoms with Gasteiger partial charge in [0.25, 0.3) is 0 Å². The number of aliphatic hydroxyl groups is 1. The van der Waals surface area contributed by atoms with E-state index in [0.29, 0.717) is 6.42 Å². The van der Waals surface area contributed by atoms with E-state index in [1.54, 1.807) is 4.68 Å². The highest BCUT2D eigenvalue weighted by Gasteiger charge is 2.44. The summed E-state index contributed by atoms with van der Waals surface area (Å²) in [5.41, 5.74) is 2.02. The van der Waals surface area contributed by atoms with Crippen molar-refractivity contribution in [3.05, 3.63) is 47.8 Å². The number of aliphatic hydroxyl groups excluding tert-OH is 1. The Morgan fingerprint density at radius 3 is 2.58 bits per heavy atom. The molecule has 1 aliphatic rings. The van der Waals surface area contributed by atoms with Crippen molar-refractivity contribution in [1.29, 1.82) is 0 Å². The summed E-state index contributed by atoms with van der Waals surface area (Å²) in [4.78, 5) is 0. The van der Waals surface area contributed by atoms with Gasteiger partial charge in [0, 0.05) is 25.1 Å². The molecule has 0 amide bonds. The van der Waals surface area contributed by atoms with Gasteiger partial charge in [0.15, 0.2) is 0 Å². The number of aryl methyl sites for hydroxylation is 1. The van der Waals surface area contributed by atoms with Crippen molar-refractivity contribution in [3.63, 3.8) is 0 Å². The molecule has 1 fully saturated rings. The summed E-state index contributed by atoms with van der Waals surface area (Å²) in [5.74, 6) is 0. The molecule has 1 saturated carbocycles. The smallest absolute Gasteiger partial charge is 0.0853 e. The maximum atomic E-state index is 10.7. The Morgan fingerprint density at radius 1 is 1.32 bits per heavy atom. The summed E-state index contributed by atoms with van der Waals surface area (Å²) in [6.45, 7) is 0. The van der Waals surface area contributed by atoms with Crippen molar-refractivity contribution < 1.29 is 5.11 Å². The van der Waals surface area contributed by atoms with Crippen LogP contribution in [-0.4, -0.2) is 26.2 Å². The van der Waals surface area contributed by atoms with E-state index in [0.717, 1.165) is 18.5 Å². The van der Waals surface area contributed by atoms with E-state index in [-0.39, 0.29) is 11.5 Å². The van der Waals surface area contributed by atoms with E-state index in [9.17, 15) is 5.11 Å². The summed E-state index contributed by atoms with van der Waals surface area (Å²) >= 11 is 0. The molecule has 1 unspecified atom stereocenters. The Morgan fingerprint density at radius 2 is 2.05 bits per heavy atom. The molecule has 1 atom stereocenters. The van der Waals surface area contributed by atoms with Gasteiger partial charge in [-0.2, -0.15) is 0 Å². The van der Waals surface area contributed by atoms with Crippen LogP contribution < -0.4 is 0 Å². The first-order valence-electron chi connectivity index (χ1n) is 6.79. The van der Waals surface area contributed by atoms with Crippen molar-refractivity contribution in [3.8, 4) is 0 Å². The van der Waals surface area contributed by atoms with Gasteiger partial charge in [0.05, 0.1) is 11.8 Å². The van der Waals surface area contributed by atoms with Crippen molar-refractivity contribution >= 4 is 0 Å². The molecular weight excluding hydrogens is 238 g/mol. The molecule has 2 aromatic rings. The Hall–Kier alpha value is -1.68. The van der Waals surface area contributed by atoms with Gasteiger partial charge in [-0.05, 0) is 18.4 Å². The van der Waals surface area contributed by atoms with Crippen LogP contribution in [-0.2, 0) is 18.9 Å². The molecule has 19 heavy (non-hydrogen) atoms. The van der Waals surface area contributed by atoms with Gasteiger partial charge in [0.1, 0.15) is 0 Å². The molecule has 0 spiro atoms. The third kappa shape index (κ3) is 2.16. The van der Waals surface area contributed by atoms with Crippen molar-refractivity contribution in [2.24, 2.45) is 7.05 Å². The molecule has 4 heteroatoms. The maximum absolute atomic E-state index is 10.7. The zero-order chi connectivity index (χ0) is 13.3. The first kappa shape index (κ1) is 12.4. The normalized spacial score (nSPS) is 18.8. The largest absolute Gasteiger partial charge is 0.392 e. The fraction of sp³-hybridized carbons (Fsp3) is 0.467. The maximum Gasteiger partial charge on any atom is 0.0853 e. The average molecular weight is 257 g/mol. The van der Waals surface area contributed by atoms with E-state index < -0.39 is 0 Å². The predicted octanol–water partition coefficient (Wildman–Crippen LogP) is 1.84. The summed E-state index contributed by atoms with van der Waals surface area (Å²) in [6, 6.07) is 10.4. The third-order valence-electron chi connectivity index (χ3n) is 4.28. The molecule has 100 valence electrons. The molecule has 3 rings (SSSR count). The van der Waals surface area contributed by atoms with E-state index in [2.05, 4.69) is 22.4 Å². The Balaban J connectivity index is 1.82. The third-order valence-corrected chi connectivity index (χ3v) is 4.28. The van der Waals surface area contributed by atoms with Gasteiger partial charge in [0.2, 0.25) is 0 Å². The average Bonchev–Trinajstić information content (AvgIpc) is 2.75. The highest BCUT2D eigenvalue weighted by atomic mass is 16.3. The molecule has 0 aliphatic heterocycles. The lowest BCUT2D eigenvalue weighted by Gasteiger charge is -2.46. The minimum absolute atomic E-state index is 0.0845. The number of hydrogen-bond acceptors (Lipinski definition) is 3. The quantitative estimate of drug-likeness (QED) is 0.909. The Kier molecular flexibility index (Phi) is 3.11. The van der Waals surface area contributed by atoms with Gasteiger partial charge < -0.3 is 5.11 Å². The first-order valence-corrected chi connectivity index (χ1v) is 6.79. The van der Waals surface area contributed by atoms with Gasteiger partial charge in [-0.25, -0.2) is 0 Å². The molecule has 1 heterocycles. The molecule has 0 saturated heterocycles. The van der Waals surface area contributed by atoms with Crippen LogP contribution in [0, 0.1) is 0 Å². The topological polar surface area (TPSA) is 50.9 Å². The molecular formula is C15H19N3O. The second-order valence-electron chi connectivity index (χ2n) is 5.48. The summed E-state index contributed by atoms with van der Waals surface area (Å²) in [7, 11) is 1.85. The molecule has 1 aromatic heterocycles. The van der Waals surface area contributed by atoms with E-state index in [1.807, 2.05) is 31.4 Å². The lowest BCUT2D eigenvalue weighted by molar-refractivity contribution is 0.0279. The van der Waals surface area contributed by atoms with Crippen LogP contribution in [0.5, 0.6) is 0 Å². The lowest BCUT2D eigenvalue weighted by Crippen LogP contribution is -2.46. The van der Waals surface area contributed by atoms with Crippen LogP contribution in [0.3, 0.4) is 0 Å². The number of rotatable bonds is 4. The van der Waals surface area contributed by atoms with Crippen LogP contribution in [0.2, 0.25) is 0 Å². The number of benzene rings is 1. The molecule has 1 aromatic carbocycles. The summed E-state index contributed by atoms with van der Waals surface area (Å²) < 4.78 is 1.68. The van der Waals surface area contributed by atoms with Crippen LogP contribution in [0.1, 0.15) is 30.5 Å². The molecule has 4 nitrogen and oxygen atoms in total. The standard InChI is InChI=1S/C15H19N3O/c1-18-11-13(16-17-18)10-14(19)15(8-5-9-15)12-6-3-2-4-7-12/h2-4,6-7,11,14,19H,5,8-10H2,1H3. The fourth-order valence-electron chi connectivity index (χ4n) is 3.02. The molecule has 1 aliphatic carbocycles. The molecule has 0 radical (unpaired) electrons. The number of aromatic nitrogens is 3. The fourth-order valence-corrected chi connectivity index (χ4v) is 3.02. The highest BCUT2D eigenvalue weighted by molar-refractivity contribution is 5.30. The van der Waals surface area contributed by atoms with Crippen molar-refractivity contribution in [2.75, 3.05) is 0 Å². The second-order valence-corrected chi connectivity index (χ2v) is 5.48. The van der Waals surface area contributed by atoms with Crippen molar-refractivity contribution in [2.45, 2.75) is 37.2 Å². The van der Waals surface area contributed by atoms with E-state index in [1.165, 1.54) is 12.0 Å². The Bertz CT molecular complexity index is 546. The van der Waals surface area contributed by atoms with Gasteiger partial charge in [-0.1, -0.05) is 42.0 Å². The zero-order valence-electron chi connectivity index (χ0n) is 11.2. The minimum Gasteiger partial charge on any atom is -0.392 e. The van der Waals surface area contributed by atoms with Crippen LogP contribution in [0.4, 0.5) is 0 Å². The van der Waals surface area contributed by atoms with E-state index in [4.69, 9.17) is 0 Å². The lowest BCUT2D eigenvalue weighted by atomic mass is 9.60. The van der Waals surface area contributed by atoms with Gasteiger partial charge in [-0.3, -0.25) is 4.68 Å². The van der Waals surface area contributed by atoms with E-state index >= 15 is 0 Å². The SMILES string of the molecule is Cn1cc(CC(O)C2(c3ccccc3)CCC2)nn1. The predicted molar refractivity (Wildman–Crippen MR) is 72.7 cm³/mol. The first-order chi connectivity index (χ1) is 9.21. The molecule has 1 N–H and O–H groups in total.